The summed E-state index contributed by atoms with van der Waals surface area (Å²) >= 11 is 0. The molecule has 0 aliphatic heterocycles. The zero-order valence-corrected chi connectivity index (χ0v) is 4.98. The fraction of sp³-hybridized carbons (Fsp3) is 0.667. The molecule has 0 heterocycles. The minimum absolute atomic E-state index is 0.356. The van der Waals surface area contributed by atoms with Crippen LogP contribution in [0.15, 0.2) is 11.9 Å². The third kappa shape index (κ3) is 1.27. The molecule has 2 unspecified atom stereocenters. The summed E-state index contributed by atoms with van der Waals surface area (Å²) in [7, 11) is 0. The van der Waals surface area contributed by atoms with Crippen LogP contribution in [0.25, 0.3) is 0 Å². The lowest BCUT2D eigenvalue weighted by atomic mass is 10.0. The van der Waals surface area contributed by atoms with Gasteiger partial charge in [-0.15, -0.1) is 0 Å². The zero-order chi connectivity index (χ0) is 6.85. The van der Waals surface area contributed by atoms with Crippen molar-refractivity contribution in [2.24, 2.45) is 5.73 Å². The predicted molar refractivity (Wildman–Crippen MR) is 31.3 cm³/mol. The zero-order valence-electron chi connectivity index (χ0n) is 4.98. The number of hydrogen-bond donors (Lipinski definition) is 1. The molecular weight excluding hydrogens is 124 g/mol. The predicted octanol–water partition coefficient (Wildman–Crippen LogP) is 1.30. The van der Waals surface area contributed by atoms with Gasteiger partial charge in [-0.2, -0.15) is 0 Å². The van der Waals surface area contributed by atoms with Crippen molar-refractivity contribution in [1.82, 2.24) is 0 Å². The smallest absolute Gasteiger partial charge is 0.122 e. The Labute approximate surface area is 52.5 Å². The molecule has 0 spiro atoms. The van der Waals surface area contributed by atoms with Gasteiger partial charge >= 0.3 is 0 Å². The van der Waals surface area contributed by atoms with E-state index in [2.05, 4.69) is 0 Å². The largest absolute Gasteiger partial charge is 0.320 e. The van der Waals surface area contributed by atoms with Crippen molar-refractivity contribution in [1.29, 1.82) is 0 Å². The average molecular weight is 133 g/mol. The molecule has 0 aromatic heterocycles. The Balaban J connectivity index is 2.62. The van der Waals surface area contributed by atoms with Gasteiger partial charge in [0.1, 0.15) is 12.0 Å². The molecule has 0 bridgehead atoms. The quantitative estimate of drug-likeness (QED) is 0.529. The van der Waals surface area contributed by atoms with Crippen LogP contribution in [0.3, 0.4) is 0 Å². The number of allylic oxidation sites excluding steroid dienone is 1. The van der Waals surface area contributed by atoms with Crippen LogP contribution in [0.4, 0.5) is 8.78 Å². The Bertz CT molecular complexity index is 133. The summed E-state index contributed by atoms with van der Waals surface area (Å²) < 4.78 is 24.7. The molecule has 1 aliphatic carbocycles. The molecule has 2 atom stereocenters. The van der Waals surface area contributed by atoms with Gasteiger partial charge in [0.15, 0.2) is 0 Å². The molecule has 0 aromatic rings. The molecule has 52 valence electrons. The third-order valence-electron chi connectivity index (χ3n) is 1.49. The standard InChI is InChI=1S/C6H9F2N/c7-4-2-1-3-5(8)6(4)9/h2,5-6H,1,3,9H2. The van der Waals surface area contributed by atoms with Crippen molar-refractivity contribution in [3.8, 4) is 0 Å². The normalized spacial score (nSPS) is 36.1. The van der Waals surface area contributed by atoms with Gasteiger partial charge in [0, 0.05) is 0 Å². The summed E-state index contributed by atoms with van der Waals surface area (Å²) in [6.45, 7) is 0. The maximum atomic E-state index is 12.4. The van der Waals surface area contributed by atoms with Crippen molar-refractivity contribution in [3.63, 3.8) is 0 Å². The minimum Gasteiger partial charge on any atom is -0.320 e. The molecular formula is C6H9F2N. The van der Waals surface area contributed by atoms with E-state index in [1.54, 1.807) is 0 Å². The van der Waals surface area contributed by atoms with Gasteiger partial charge in [-0.05, 0) is 12.8 Å². The number of nitrogens with two attached hydrogens (primary N) is 1. The molecule has 2 N–H and O–H groups in total. The van der Waals surface area contributed by atoms with Crippen LogP contribution in [-0.2, 0) is 0 Å². The number of halogens is 2. The molecule has 0 fully saturated rings. The monoisotopic (exact) mass is 133 g/mol. The Morgan fingerprint density at radius 1 is 1.67 bits per heavy atom. The van der Waals surface area contributed by atoms with Crippen molar-refractivity contribution in [2.75, 3.05) is 0 Å². The molecule has 1 aliphatic rings. The summed E-state index contributed by atoms with van der Waals surface area (Å²) in [5, 5.41) is 0. The second kappa shape index (κ2) is 2.43. The van der Waals surface area contributed by atoms with Crippen molar-refractivity contribution in [3.05, 3.63) is 11.9 Å². The molecule has 0 saturated heterocycles. The van der Waals surface area contributed by atoms with Gasteiger partial charge in [0.25, 0.3) is 0 Å². The highest BCUT2D eigenvalue weighted by Gasteiger charge is 2.23. The fourth-order valence-corrected chi connectivity index (χ4v) is 0.869. The van der Waals surface area contributed by atoms with Crippen LogP contribution in [0.1, 0.15) is 12.8 Å². The van der Waals surface area contributed by atoms with E-state index in [0.29, 0.717) is 12.8 Å². The van der Waals surface area contributed by atoms with Crippen LogP contribution in [-0.4, -0.2) is 12.2 Å². The first kappa shape index (κ1) is 6.68. The van der Waals surface area contributed by atoms with Crippen molar-refractivity contribution >= 4 is 0 Å². The van der Waals surface area contributed by atoms with Crippen LogP contribution >= 0.6 is 0 Å². The lowest BCUT2D eigenvalue weighted by Gasteiger charge is -2.18. The number of alkyl halides is 1. The first-order valence-corrected chi connectivity index (χ1v) is 2.97. The molecule has 0 saturated carbocycles. The minimum atomic E-state index is -1.19. The van der Waals surface area contributed by atoms with Gasteiger partial charge in [-0.3, -0.25) is 0 Å². The maximum Gasteiger partial charge on any atom is 0.122 e. The molecule has 3 heteroatoms. The van der Waals surface area contributed by atoms with E-state index in [0.717, 1.165) is 0 Å². The SMILES string of the molecule is NC1C(F)=CCCC1F. The highest BCUT2D eigenvalue weighted by molar-refractivity contribution is 5.08. The van der Waals surface area contributed by atoms with Crippen LogP contribution in [0.5, 0.6) is 0 Å². The molecule has 1 rings (SSSR count). The van der Waals surface area contributed by atoms with Gasteiger partial charge in [-0.25, -0.2) is 8.78 Å². The van der Waals surface area contributed by atoms with E-state index >= 15 is 0 Å². The molecule has 1 nitrogen and oxygen atoms in total. The summed E-state index contributed by atoms with van der Waals surface area (Å²) in [6.07, 6.45) is 0.991. The van der Waals surface area contributed by atoms with E-state index in [1.165, 1.54) is 6.08 Å². The summed E-state index contributed by atoms with van der Waals surface area (Å²) in [5.74, 6) is -0.506. The fourth-order valence-electron chi connectivity index (χ4n) is 0.869. The Morgan fingerprint density at radius 2 is 2.33 bits per heavy atom. The van der Waals surface area contributed by atoms with Crippen LogP contribution in [0, 0.1) is 0 Å². The maximum absolute atomic E-state index is 12.4. The van der Waals surface area contributed by atoms with E-state index in [4.69, 9.17) is 5.73 Å². The summed E-state index contributed by atoms with van der Waals surface area (Å²) in [5.41, 5.74) is 5.10. The van der Waals surface area contributed by atoms with Gasteiger partial charge in [0.05, 0.1) is 6.04 Å². The topological polar surface area (TPSA) is 26.0 Å². The summed E-state index contributed by atoms with van der Waals surface area (Å²) in [4.78, 5) is 0. The second-order valence-electron chi connectivity index (χ2n) is 2.21. The van der Waals surface area contributed by atoms with Crippen LogP contribution in [0.2, 0.25) is 0 Å². The molecule has 9 heavy (non-hydrogen) atoms. The van der Waals surface area contributed by atoms with E-state index < -0.39 is 18.0 Å². The number of rotatable bonds is 0. The first-order valence-electron chi connectivity index (χ1n) is 2.97. The van der Waals surface area contributed by atoms with E-state index in [1.807, 2.05) is 0 Å². The highest BCUT2D eigenvalue weighted by Crippen LogP contribution is 2.20. The van der Waals surface area contributed by atoms with E-state index in [-0.39, 0.29) is 0 Å². The Kier molecular flexibility index (Phi) is 1.81. The Morgan fingerprint density at radius 3 is 2.78 bits per heavy atom. The Hall–Kier alpha value is -0.440. The second-order valence-corrected chi connectivity index (χ2v) is 2.21. The van der Waals surface area contributed by atoms with Gasteiger partial charge < -0.3 is 5.73 Å². The lowest BCUT2D eigenvalue weighted by Crippen LogP contribution is -2.34. The first-order chi connectivity index (χ1) is 4.22. The van der Waals surface area contributed by atoms with Crippen molar-refractivity contribution in [2.45, 2.75) is 25.1 Å². The average Bonchev–Trinajstić information content (AvgIpc) is 1.83. The summed E-state index contributed by atoms with van der Waals surface area (Å²) in [6, 6.07) is -1.00. The molecule has 0 aromatic carbocycles. The van der Waals surface area contributed by atoms with Gasteiger partial charge in [0.2, 0.25) is 0 Å². The third-order valence-corrected chi connectivity index (χ3v) is 1.49. The van der Waals surface area contributed by atoms with Gasteiger partial charge in [-0.1, -0.05) is 6.08 Å². The number of hydrogen-bond acceptors (Lipinski definition) is 1. The van der Waals surface area contributed by atoms with Crippen LogP contribution < -0.4 is 5.73 Å². The van der Waals surface area contributed by atoms with E-state index in [9.17, 15) is 8.78 Å². The lowest BCUT2D eigenvalue weighted by molar-refractivity contribution is 0.253. The highest BCUT2D eigenvalue weighted by atomic mass is 19.1. The molecule has 0 amide bonds. The molecule has 0 radical (unpaired) electrons. The van der Waals surface area contributed by atoms with Crippen molar-refractivity contribution < 1.29 is 8.78 Å².